The zero-order chi connectivity index (χ0) is 13.1. The van der Waals surface area contributed by atoms with Crippen molar-refractivity contribution in [1.29, 1.82) is 0 Å². The summed E-state index contributed by atoms with van der Waals surface area (Å²) in [4.78, 5) is 0. The average molecular weight is 284 g/mol. The van der Waals surface area contributed by atoms with E-state index in [0.29, 0.717) is 16.1 Å². The second-order valence-corrected chi connectivity index (χ2v) is 5.29. The Morgan fingerprint density at radius 1 is 1.22 bits per heavy atom. The van der Waals surface area contributed by atoms with Crippen LogP contribution in [0.5, 0.6) is 0 Å². The maximum Gasteiger partial charge on any atom is 0.0766 e. The van der Waals surface area contributed by atoms with Crippen molar-refractivity contribution in [3.05, 3.63) is 46.2 Å². The van der Waals surface area contributed by atoms with Crippen LogP contribution in [0.15, 0.2) is 30.5 Å². The Balaban J connectivity index is 2.18. The molecule has 0 saturated heterocycles. The van der Waals surface area contributed by atoms with Crippen LogP contribution < -0.4 is 5.32 Å². The summed E-state index contributed by atoms with van der Waals surface area (Å²) in [6, 6.07) is 7.79. The summed E-state index contributed by atoms with van der Waals surface area (Å²) in [7, 11) is 0. The summed E-state index contributed by atoms with van der Waals surface area (Å²) in [6.07, 6.45) is 1.90. The molecule has 0 bridgehead atoms. The molecule has 0 aliphatic carbocycles. The van der Waals surface area contributed by atoms with Gasteiger partial charge < -0.3 is 5.32 Å². The van der Waals surface area contributed by atoms with Crippen molar-refractivity contribution >= 4 is 23.2 Å². The zero-order valence-corrected chi connectivity index (χ0v) is 11.8. The van der Waals surface area contributed by atoms with E-state index in [2.05, 4.69) is 24.3 Å². The maximum atomic E-state index is 5.97. The normalized spacial score (nSPS) is 11.2. The molecule has 0 aliphatic rings. The average Bonchev–Trinajstić information content (AvgIpc) is 2.73. The summed E-state index contributed by atoms with van der Waals surface area (Å²) in [5, 5.41) is 9.01. The van der Waals surface area contributed by atoms with E-state index in [4.69, 9.17) is 23.2 Å². The highest BCUT2D eigenvalue weighted by Gasteiger charge is 2.04. The highest BCUT2D eigenvalue weighted by Crippen LogP contribution is 2.21. The van der Waals surface area contributed by atoms with Crippen LogP contribution in [0.1, 0.15) is 19.5 Å². The molecule has 0 spiro atoms. The Kier molecular flexibility index (Phi) is 4.27. The number of aromatic nitrogens is 2. The fraction of sp³-hybridized carbons (Fsp3) is 0.308. The van der Waals surface area contributed by atoms with Crippen molar-refractivity contribution in [2.24, 2.45) is 0 Å². The third kappa shape index (κ3) is 3.48. The van der Waals surface area contributed by atoms with Gasteiger partial charge in [0, 0.05) is 28.8 Å². The van der Waals surface area contributed by atoms with Crippen molar-refractivity contribution in [3.63, 3.8) is 0 Å². The Hall–Kier alpha value is -1.03. The van der Waals surface area contributed by atoms with Crippen molar-refractivity contribution in [1.82, 2.24) is 15.1 Å². The number of hydrogen-bond acceptors (Lipinski definition) is 2. The first-order chi connectivity index (χ1) is 8.54. The van der Waals surface area contributed by atoms with E-state index in [0.717, 1.165) is 17.9 Å². The van der Waals surface area contributed by atoms with Gasteiger partial charge in [0.25, 0.3) is 0 Å². The summed E-state index contributed by atoms with van der Waals surface area (Å²) >= 11 is 11.9. The maximum absolute atomic E-state index is 5.97. The molecular weight excluding hydrogens is 269 g/mol. The minimum Gasteiger partial charge on any atom is -0.309 e. The minimum atomic E-state index is 0.441. The Morgan fingerprint density at radius 2 is 1.89 bits per heavy atom. The lowest BCUT2D eigenvalue weighted by Gasteiger charge is -2.05. The van der Waals surface area contributed by atoms with Crippen LogP contribution >= 0.6 is 23.2 Å². The molecule has 1 heterocycles. The smallest absolute Gasteiger partial charge is 0.0766 e. The van der Waals surface area contributed by atoms with Gasteiger partial charge in [0.1, 0.15) is 0 Å². The molecule has 0 aliphatic heterocycles. The van der Waals surface area contributed by atoms with Gasteiger partial charge >= 0.3 is 0 Å². The Labute approximate surface area is 117 Å². The summed E-state index contributed by atoms with van der Waals surface area (Å²) in [5.41, 5.74) is 1.85. The molecule has 2 rings (SSSR count). The number of benzene rings is 1. The van der Waals surface area contributed by atoms with Gasteiger partial charge in [-0.05, 0) is 24.3 Å². The molecule has 0 atom stereocenters. The molecule has 1 aromatic carbocycles. The first kappa shape index (κ1) is 13.4. The summed E-state index contributed by atoms with van der Waals surface area (Å²) in [6.45, 7) is 4.96. The van der Waals surface area contributed by atoms with E-state index < -0.39 is 0 Å². The largest absolute Gasteiger partial charge is 0.309 e. The second-order valence-electron chi connectivity index (χ2n) is 4.41. The molecule has 0 unspecified atom stereocenters. The van der Waals surface area contributed by atoms with Crippen molar-refractivity contribution < 1.29 is 0 Å². The van der Waals surface area contributed by atoms with Gasteiger partial charge in [-0.25, -0.2) is 4.68 Å². The third-order valence-electron chi connectivity index (χ3n) is 2.45. The molecule has 0 fully saturated rings. The molecule has 2 aromatic rings. The minimum absolute atomic E-state index is 0.441. The van der Waals surface area contributed by atoms with Gasteiger partial charge in [-0.3, -0.25) is 0 Å². The van der Waals surface area contributed by atoms with Crippen LogP contribution in [-0.4, -0.2) is 15.8 Å². The van der Waals surface area contributed by atoms with E-state index in [-0.39, 0.29) is 0 Å². The molecule has 0 saturated carbocycles. The predicted molar refractivity (Wildman–Crippen MR) is 75.6 cm³/mol. The lowest BCUT2D eigenvalue weighted by molar-refractivity contribution is 0.578. The van der Waals surface area contributed by atoms with Gasteiger partial charge in [-0.2, -0.15) is 5.10 Å². The quantitative estimate of drug-likeness (QED) is 0.928. The van der Waals surface area contributed by atoms with Crippen LogP contribution in [0, 0.1) is 0 Å². The lowest BCUT2D eigenvalue weighted by Crippen LogP contribution is -2.22. The van der Waals surface area contributed by atoms with E-state index in [1.54, 1.807) is 10.7 Å². The van der Waals surface area contributed by atoms with Crippen LogP contribution in [0.25, 0.3) is 5.69 Å². The van der Waals surface area contributed by atoms with Gasteiger partial charge in [-0.1, -0.05) is 37.0 Å². The Bertz CT molecular complexity index is 515. The monoisotopic (exact) mass is 283 g/mol. The first-order valence-corrected chi connectivity index (χ1v) is 6.54. The van der Waals surface area contributed by atoms with Crippen LogP contribution in [0.4, 0.5) is 0 Å². The third-order valence-corrected chi connectivity index (χ3v) is 2.88. The molecule has 0 radical (unpaired) electrons. The summed E-state index contributed by atoms with van der Waals surface area (Å²) in [5.74, 6) is 0. The standard InChI is InChI=1S/C13H15Cl2N3/c1-9(2)16-8-12-3-4-18(17-12)13-6-10(14)5-11(15)7-13/h3-7,9,16H,8H2,1-2H3. The number of hydrogen-bond donors (Lipinski definition) is 1. The molecule has 3 nitrogen and oxygen atoms in total. The van der Waals surface area contributed by atoms with Gasteiger partial charge in [0.2, 0.25) is 0 Å². The highest BCUT2D eigenvalue weighted by atomic mass is 35.5. The lowest BCUT2D eigenvalue weighted by atomic mass is 10.3. The molecule has 18 heavy (non-hydrogen) atoms. The first-order valence-electron chi connectivity index (χ1n) is 5.79. The molecule has 96 valence electrons. The van der Waals surface area contributed by atoms with Crippen LogP contribution in [-0.2, 0) is 6.54 Å². The van der Waals surface area contributed by atoms with Gasteiger partial charge in [-0.15, -0.1) is 0 Å². The zero-order valence-electron chi connectivity index (χ0n) is 10.3. The van der Waals surface area contributed by atoms with Gasteiger partial charge in [0.05, 0.1) is 11.4 Å². The highest BCUT2D eigenvalue weighted by molar-refractivity contribution is 6.34. The second kappa shape index (κ2) is 5.74. The van der Waals surface area contributed by atoms with E-state index in [1.807, 2.05) is 24.4 Å². The van der Waals surface area contributed by atoms with E-state index in [1.165, 1.54) is 0 Å². The SMILES string of the molecule is CC(C)NCc1ccn(-c2cc(Cl)cc(Cl)c2)n1. The van der Waals surface area contributed by atoms with Gasteiger partial charge in [0.15, 0.2) is 0 Å². The molecule has 1 aromatic heterocycles. The summed E-state index contributed by atoms with van der Waals surface area (Å²) < 4.78 is 1.77. The number of nitrogens with one attached hydrogen (secondary N) is 1. The number of nitrogens with zero attached hydrogens (tertiary/aromatic N) is 2. The number of halogens is 2. The number of rotatable bonds is 4. The molecule has 0 amide bonds. The fourth-order valence-corrected chi connectivity index (χ4v) is 2.09. The van der Waals surface area contributed by atoms with E-state index in [9.17, 15) is 0 Å². The van der Waals surface area contributed by atoms with Crippen molar-refractivity contribution in [2.45, 2.75) is 26.4 Å². The van der Waals surface area contributed by atoms with Crippen LogP contribution in [0.3, 0.4) is 0 Å². The molecule has 5 heteroatoms. The van der Waals surface area contributed by atoms with Crippen molar-refractivity contribution in [2.75, 3.05) is 0 Å². The molecular formula is C13H15Cl2N3. The van der Waals surface area contributed by atoms with Crippen LogP contribution in [0.2, 0.25) is 10.0 Å². The topological polar surface area (TPSA) is 29.9 Å². The van der Waals surface area contributed by atoms with Crippen molar-refractivity contribution in [3.8, 4) is 5.69 Å². The predicted octanol–water partition coefficient (Wildman–Crippen LogP) is 3.68. The Morgan fingerprint density at radius 3 is 2.50 bits per heavy atom. The fourth-order valence-electron chi connectivity index (χ4n) is 1.58. The molecule has 1 N–H and O–H groups in total. The van der Waals surface area contributed by atoms with E-state index >= 15 is 0 Å².